The minimum atomic E-state index is -5.04. The number of carbonyl (C=O) groups is 1. The zero-order valence-corrected chi connectivity index (χ0v) is 34.8. The minimum Gasteiger partial charge on any atom is -0.457 e. The van der Waals surface area contributed by atoms with Crippen LogP contribution in [0.25, 0.3) is 0 Å². The molecule has 0 aliphatic heterocycles. The summed E-state index contributed by atoms with van der Waals surface area (Å²) in [7, 11) is -5.04. The van der Waals surface area contributed by atoms with Crippen LogP contribution in [-0.4, -0.2) is 98.9 Å². The van der Waals surface area contributed by atoms with Crippen LogP contribution >= 0.6 is 7.82 Å². The lowest BCUT2D eigenvalue weighted by atomic mass is 9.85. The van der Waals surface area contributed by atoms with E-state index in [1.165, 1.54) is 19.3 Å². The average Bonchev–Trinajstić information content (AvgIpc) is 3.18. The molecule has 0 bridgehead atoms. The van der Waals surface area contributed by atoms with Crippen molar-refractivity contribution in [1.82, 2.24) is 0 Å². The van der Waals surface area contributed by atoms with Gasteiger partial charge in [0, 0.05) is 13.0 Å². The highest BCUT2D eigenvalue weighted by Gasteiger charge is 2.51. The van der Waals surface area contributed by atoms with E-state index in [2.05, 4.69) is 68.5 Å². The molecule has 0 saturated heterocycles. The van der Waals surface area contributed by atoms with Crippen molar-refractivity contribution in [2.75, 3.05) is 19.8 Å². The monoisotopic (exact) mass is 812 g/mol. The third-order valence-corrected chi connectivity index (χ3v) is 10.1. The molecular weight excluding hydrogens is 739 g/mol. The van der Waals surface area contributed by atoms with Crippen molar-refractivity contribution in [3.8, 4) is 0 Å². The largest absolute Gasteiger partial charge is 0.472 e. The van der Waals surface area contributed by atoms with Crippen LogP contribution in [0.2, 0.25) is 0 Å². The Hall–Kier alpha value is -2.22. The molecule has 0 aromatic heterocycles. The molecule has 6 unspecified atom stereocenters. The smallest absolute Gasteiger partial charge is 0.457 e. The molecule has 0 aromatic carbocycles. The average molecular weight is 813 g/mol. The number of hydrogen-bond donors (Lipinski definition) is 6. The first-order valence-electron chi connectivity index (χ1n) is 20.8. The maximum Gasteiger partial charge on any atom is 0.472 e. The SMILES string of the molecule is CC/C=C\C/C=C\C/C=C\C/C=C\CCC(=O)OC(COCCCCCCCC/C=C\C/C=C\CCCCC)COP(=O)(O)OC1C(O)C(O)C(O)C(O)C1O. The number of phosphoric acid groups is 1. The van der Waals surface area contributed by atoms with Gasteiger partial charge >= 0.3 is 13.8 Å². The molecule has 1 saturated carbocycles. The van der Waals surface area contributed by atoms with Crippen LogP contribution in [0.4, 0.5) is 0 Å². The predicted octanol–water partition coefficient (Wildman–Crippen LogP) is 7.63. The third kappa shape index (κ3) is 25.9. The summed E-state index contributed by atoms with van der Waals surface area (Å²) in [5.41, 5.74) is 0. The van der Waals surface area contributed by atoms with Gasteiger partial charge in [0.05, 0.1) is 13.2 Å². The Morgan fingerprint density at radius 3 is 1.61 bits per heavy atom. The topological polar surface area (TPSA) is 192 Å². The van der Waals surface area contributed by atoms with Gasteiger partial charge in [0.1, 0.15) is 42.7 Å². The maximum absolute atomic E-state index is 12.8. The second kappa shape index (κ2) is 33.7. The first kappa shape index (κ1) is 51.8. The van der Waals surface area contributed by atoms with E-state index >= 15 is 0 Å². The Kier molecular flexibility index (Phi) is 31.2. The van der Waals surface area contributed by atoms with Gasteiger partial charge in [-0.1, -0.05) is 125 Å². The summed E-state index contributed by atoms with van der Waals surface area (Å²) in [4.78, 5) is 23.0. The number of rotatable bonds is 33. The van der Waals surface area contributed by atoms with Crippen LogP contribution < -0.4 is 0 Å². The van der Waals surface area contributed by atoms with Crippen molar-refractivity contribution >= 4 is 13.8 Å². The fourth-order valence-corrected chi connectivity index (χ4v) is 6.72. The molecule has 0 aromatic rings. The Labute approximate surface area is 336 Å². The Balaban J connectivity index is 2.50. The molecule has 0 radical (unpaired) electrons. The van der Waals surface area contributed by atoms with Gasteiger partial charge in [-0.05, 0) is 70.6 Å². The predicted molar refractivity (Wildman–Crippen MR) is 221 cm³/mol. The van der Waals surface area contributed by atoms with Crippen LogP contribution in [0, 0.1) is 0 Å². The summed E-state index contributed by atoms with van der Waals surface area (Å²) in [6.45, 7) is 3.98. The number of ether oxygens (including phenoxy) is 2. The van der Waals surface area contributed by atoms with Crippen molar-refractivity contribution in [3.63, 3.8) is 0 Å². The van der Waals surface area contributed by atoms with Crippen molar-refractivity contribution in [3.05, 3.63) is 72.9 Å². The summed E-state index contributed by atoms with van der Waals surface area (Å²) < 4.78 is 33.9. The van der Waals surface area contributed by atoms with E-state index in [0.29, 0.717) is 13.0 Å². The first-order chi connectivity index (χ1) is 27.0. The van der Waals surface area contributed by atoms with E-state index in [4.69, 9.17) is 18.5 Å². The Morgan fingerprint density at radius 2 is 1.05 bits per heavy atom. The Morgan fingerprint density at radius 1 is 0.589 bits per heavy atom. The van der Waals surface area contributed by atoms with E-state index in [1.807, 2.05) is 18.2 Å². The zero-order valence-electron chi connectivity index (χ0n) is 33.9. The van der Waals surface area contributed by atoms with Gasteiger partial charge in [0.15, 0.2) is 0 Å². The van der Waals surface area contributed by atoms with Crippen LogP contribution in [0.3, 0.4) is 0 Å². The standard InChI is InChI=1S/C43H73O12P/c1-3-5-7-9-11-13-15-17-18-19-21-23-25-27-29-31-33-52-34-36(35-53-56(50,51)55-43-41(48)39(46)38(45)40(47)42(43)49)54-37(44)32-30-28-26-24-22-20-16-14-12-10-8-6-4-2/h6,8,11-14,17-18,20,22,26,28,36,38-43,45-49H,3-5,7,9-10,15-16,19,21,23-25,27,29-35H2,1-2H3,(H,50,51)/b8-6-,13-11-,14-12-,18-17-,22-20-,28-26-. The summed E-state index contributed by atoms with van der Waals surface area (Å²) >= 11 is 0. The van der Waals surface area contributed by atoms with Gasteiger partial charge < -0.3 is 39.9 Å². The fourth-order valence-electron chi connectivity index (χ4n) is 5.75. The molecule has 0 heterocycles. The minimum absolute atomic E-state index is 0.0581. The van der Waals surface area contributed by atoms with E-state index in [9.17, 15) is 39.8 Å². The van der Waals surface area contributed by atoms with Crippen molar-refractivity contribution in [1.29, 1.82) is 0 Å². The van der Waals surface area contributed by atoms with E-state index < -0.39 is 63.1 Å². The number of allylic oxidation sites excluding steroid dienone is 12. The molecule has 13 heteroatoms. The van der Waals surface area contributed by atoms with Gasteiger partial charge in [-0.25, -0.2) is 4.57 Å². The molecule has 6 N–H and O–H groups in total. The second-order valence-corrected chi connectivity index (χ2v) is 15.5. The van der Waals surface area contributed by atoms with Gasteiger partial charge in [-0.15, -0.1) is 0 Å². The van der Waals surface area contributed by atoms with Gasteiger partial charge in [0.25, 0.3) is 0 Å². The van der Waals surface area contributed by atoms with Crippen LogP contribution in [0.5, 0.6) is 0 Å². The van der Waals surface area contributed by atoms with Gasteiger partial charge in [-0.2, -0.15) is 0 Å². The highest BCUT2D eigenvalue weighted by atomic mass is 31.2. The fraction of sp³-hybridized carbons (Fsp3) is 0.698. The van der Waals surface area contributed by atoms with Gasteiger partial charge in [-0.3, -0.25) is 13.8 Å². The van der Waals surface area contributed by atoms with E-state index in [1.54, 1.807) is 0 Å². The number of esters is 1. The lowest BCUT2D eigenvalue weighted by Gasteiger charge is -2.41. The molecule has 1 aliphatic carbocycles. The number of phosphoric ester groups is 1. The van der Waals surface area contributed by atoms with Crippen molar-refractivity contribution in [2.24, 2.45) is 0 Å². The summed E-state index contributed by atoms with van der Waals surface area (Å²) in [6.07, 6.45) is 29.9. The molecule has 0 spiro atoms. The Bertz CT molecular complexity index is 1200. The number of hydrogen-bond acceptors (Lipinski definition) is 11. The molecular formula is C43H73O12P. The zero-order chi connectivity index (χ0) is 41.3. The number of aliphatic hydroxyl groups excluding tert-OH is 5. The summed E-state index contributed by atoms with van der Waals surface area (Å²) in [6, 6.07) is 0. The van der Waals surface area contributed by atoms with Crippen molar-refractivity contribution in [2.45, 2.75) is 172 Å². The quantitative estimate of drug-likeness (QED) is 0.0165. The van der Waals surface area contributed by atoms with Crippen molar-refractivity contribution < 1.29 is 58.3 Å². The molecule has 1 aliphatic rings. The van der Waals surface area contributed by atoms with Gasteiger partial charge in [0.2, 0.25) is 0 Å². The molecule has 1 rings (SSSR count). The number of carbonyl (C=O) groups excluding carboxylic acids is 1. The van der Waals surface area contributed by atoms with E-state index in [0.717, 1.165) is 83.5 Å². The maximum atomic E-state index is 12.8. The van der Waals surface area contributed by atoms with E-state index in [-0.39, 0.29) is 13.0 Å². The highest BCUT2D eigenvalue weighted by molar-refractivity contribution is 7.47. The lowest BCUT2D eigenvalue weighted by molar-refractivity contribution is -0.220. The number of unbranched alkanes of at least 4 members (excludes halogenated alkanes) is 9. The highest BCUT2D eigenvalue weighted by Crippen LogP contribution is 2.47. The normalized spacial score (nSPS) is 23.8. The molecule has 12 nitrogen and oxygen atoms in total. The third-order valence-electron chi connectivity index (χ3n) is 9.08. The first-order valence-corrected chi connectivity index (χ1v) is 22.3. The molecule has 1 fully saturated rings. The molecule has 322 valence electrons. The summed E-state index contributed by atoms with van der Waals surface area (Å²) in [5.74, 6) is -0.564. The summed E-state index contributed by atoms with van der Waals surface area (Å²) in [5, 5.41) is 50.0. The molecule has 6 atom stereocenters. The van der Waals surface area contributed by atoms with Crippen LogP contribution in [-0.2, 0) is 27.9 Å². The van der Waals surface area contributed by atoms with Crippen LogP contribution in [0.15, 0.2) is 72.9 Å². The molecule has 56 heavy (non-hydrogen) atoms. The molecule has 0 amide bonds. The van der Waals surface area contributed by atoms with Crippen LogP contribution in [0.1, 0.15) is 129 Å². The lowest BCUT2D eigenvalue weighted by Crippen LogP contribution is -2.64. The number of aliphatic hydroxyl groups is 5. The second-order valence-electron chi connectivity index (χ2n) is 14.1.